The molecule has 1 atom stereocenters. The Hall–Kier alpha value is -1.25. The number of rotatable bonds is 3. The average Bonchev–Trinajstić information content (AvgIpc) is 2.81. The van der Waals surface area contributed by atoms with Crippen LogP contribution >= 0.6 is 0 Å². The van der Waals surface area contributed by atoms with Crippen molar-refractivity contribution < 1.29 is 13.2 Å². The van der Waals surface area contributed by atoms with Crippen LogP contribution in [0.4, 0.5) is 5.95 Å². The maximum Gasteiger partial charge on any atom is 0.225 e. The Kier molecular flexibility index (Phi) is 4.09. The zero-order valence-electron chi connectivity index (χ0n) is 12.9. The van der Waals surface area contributed by atoms with E-state index in [0.29, 0.717) is 6.61 Å². The van der Waals surface area contributed by atoms with Crippen LogP contribution in [0.2, 0.25) is 0 Å². The molecule has 2 aliphatic heterocycles. The lowest BCUT2D eigenvalue weighted by Gasteiger charge is -2.38. The minimum absolute atomic E-state index is 0.114. The number of hydrogen-bond donors (Lipinski definition) is 1. The normalized spacial score (nSPS) is 24.8. The first-order valence-electron chi connectivity index (χ1n) is 7.50. The molecule has 1 unspecified atom stereocenters. The van der Waals surface area contributed by atoms with Gasteiger partial charge < -0.3 is 9.64 Å². The van der Waals surface area contributed by atoms with Gasteiger partial charge in [0, 0.05) is 31.5 Å². The fourth-order valence-corrected chi connectivity index (χ4v) is 3.99. The quantitative estimate of drug-likeness (QED) is 0.869. The lowest BCUT2D eigenvalue weighted by Crippen LogP contribution is -2.45. The molecule has 0 radical (unpaired) electrons. The van der Waals surface area contributed by atoms with E-state index in [1.165, 1.54) is 6.26 Å². The van der Waals surface area contributed by atoms with Gasteiger partial charge in [-0.15, -0.1) is 0 Å². The summed E-state index contributed by atoms with van der Waals surface area (Å²) in [5.41, 5.74) is 0.842. The molecule has 3 rings (SSSR count). The van der Waals surface area contributed by atoms with E-state index in [4.69, 9.17) is 4.74 Å². The van der Waals surface area contributed by atoms with E-state index in [-0.39, 0.29) is 11.6 Å². The van der Waals surface area contributed by atoms with E-state index < -0.39 is 10.0 Å². The van der Waals surface area contributed by atoms with Gasteiger partial charge in [0.25, 0.3) is 0 Å². The summed E-state index contributed by atoms with van der Waals surface area (Å²) < 4.78 is 31.3. The first kappa shape index (κ1) is 15.6. The van der Waals surface area contributed by atoms with E-state index in [1.54, 1.807) is 0 Å². The van der Waals surface area contributed by atoms with Gasteiger partial charge in [0.15, 0.2) is 0 Å². The standard InChI is InChI=1S/C14H22N4O3S/c1-11-8-15-13(16-9-11)18-5-3-14(4-6-18)7-12(10-21-14)17-22(2,19)20/h8-9,12,17H,3-7,10H2,1-2H3. The smallest absolute Gasteiger partial charge is 0.225 e. The van der Waals surface area contributed by atoms with Crippen LogP contribution in [0.25, 0.3) is 0 Å². The topological polar surface area (TPSA) is 84.4 Å². The Morgan fingerprint density at radius 1 is 1.32 bits per heavy atom. The number of ether oxygens (including phenoxy) is 1. The zero-order chi connectivity index (χ0) is 15.8. The summed E-state index contributed by atoms with van der Waals surface area (Å²) in [6, 6.07) is -0.114. The molecule has 0 saturated carbocycles. The first-order chi connectivity index (χ1) is 10.4. The van der Waals surface area contributed by atoms with Crippen LogP contribution in [0.3, 0.4) is 0 Å². The molecule has 7 nitrogen and oxygen atoms in total. The minimum Gasteiger partial charge on any atom is -0.373 e. The third-order valence-electron chi connectivity index (χ3n) is 4.31. The zero-order valence-corrected chi connectivity index (χ0v) is 13.8. The number of aryl methyl sites for hydroxylation is 1. The highest BCUT2D eigenvalue weighted by molar-refractivity contribution is 7.88. The van der Waals surface area contributed by atoms with Gasteiger partial charge in [0.05, 0.1) is 18.5 Å². The van der Waals surface area contributed by atoms with Crippen LogP contribution in [0.5, 0.6) is 0 Å². The molecule has 3 heterocycles. The van der Waals surface area contributed by atoms with E-state index in [1.807, 2.05) is 19.3 Å². The number of nitrogens with zero attached hydrogens (tertiary/aromatic N) is 3. The van der Waals surface area contributed by atoms with Crippen LogP contribution in [0.15, 0.2) is 12.4 Å². The van der Waals surface area contributed by atoms with Gasteiger partial charge in [0.2, 0.25) is 16.0 Å². The largest absolute Gasteiger partial charge is 0.373 e. The van der Waals surface area contributed by atoms with Crippen molar-refractivity contribution in [2.45, 2.75) is 37.8 Å². The van der Waals surface area contributed by atoms with E-state index in [9.17, 15) is 8.42 Å². The van der Waals surface area contributed by atoms with E-state index in [2.05, 4.69) is 19.6 Å². The van der Waals surface area contributed by atoms with Crippen LogP contribution < -0.4 is 9.62 Å². The second-order valence-corrected chi connectivity index (χ2v) is 8.11. The Morgan fingerprint density at radius 3 is 2.55 bits per heavy atom. The van der Waals surface area contributed by atoms with Crippen LogP contribution in [-0.4, -0.2) is 56.0 Å². The molecule has 1 N–H and O–H groups in total. The van der Waals surface area contributed by atoms with Gasteiger partial charge >= 0.3 is 0 Å². The molecule has 0 aliphatic carbocycles. The van der Waals surface area contributed by atoms with Crippen molar-refractivity contribution in [3.05, 3.63) is 18.0 Å². The highest BCUT2D eigenvalue weighted by Gasteiger charge is 2.43. The minimum atomic E-state index is -3.18. The molecule has 0 amide bonds. The van der Waals surface area contributed by atoms with Crippen LogP contribution in [0.1, 0.15) is 24.8 Å². The summed E-state index contributed by atoms with van der Waals surface area (Å²) in [5, 5.41) is 0. The molecular formula is C14H22N4O3S. The maximum atomic E-state index is 11.3. The molecule has 2 fully saturated rings. The molecule has 2 aliphatic rings. The third kappa shape index (κ3) is 3.56. The molecule has 1 aromatic heterocycles. The molecule has 122 valence electrons. The van der Waals surface area contributed by atoms with Crippen LogP contribution in [0, 0.1) is 6.92 Å². The number of hydrogen-bond acceptors (Lipinski definition) is 6. The Bertz CT molecular complexity index is 624. The molecule has 22 heavy (non-hydrogen) atoms. The first-order valence-corrected chi connectivity index (χ1v) is 9.39. The van der Waals surface area contributed by atoms with Gasteiger partial charge in [-0.1, -0.05) is 0 Å². The van der Waals surface area contributed by atoms with E-state index in [0.717, 1.165) is 43.9 Å². The van der Waals surface area contributed by atoms with Crippen molar-refractivity contribution >= 4 is 16.0 Å². The lowest BCUT2D eigenvalue weighted by molar-refractivity contribution is -0.0150. The summed E-state index contributed by atoms with van der Waals surface area (Å²) in [6.45, 7) is 4.08. The summed E-state index contributed by atoms with van der Waals surface area (Å²) in [7, 11) is -3.18. The Balaban J connectivity index is 1.59. The highest BCUT2D eigenvalue weighted by Crippen LogP contribution is 2.36. The predicted octanol–water partition coefficient (Wildman–Crippen LogP) is 0.462. The number of sulfonamides is 1. The van der Waals surface area contributed by atoms with Crippen molar-refractivity contribution in [3.8, 4) is 0 Å². The second-order valence-electron chi connectivity index (χ2n) is 6.33. The van der Waals surface area contributed by atoms with Crippen molar-refractivity contribution in [3.63, 3.8) is 0 Å². The third-order valence-corrected chi connectivity index (χ3v) is 5.08. The monoisotopic (exact) mass is 326 g/mol. The molecule has 1 aromatic rings. The lowest BCUT2D eigenvalue weighted by atomic mass is 9.88. The van der Waals surface area contributed by atoms with Gasteiger partial charge in [-0.3, -0.25) is 0 Å². The summed E-state index contributed by atoms with van der Waals surface area (Å²) in [6.07, 6.45) is 7.31. The Morgan fingerprint density at radius 2 is 1.95 bits per heavy atom. The van der Waals surface area contributed by atoms with Crippen LogP contribution in [-0.2, 0) is 14.8 Å². The molecule has 0 bridgehead atoms. The molecule has 2 saturated heterocycles. The SMILES string of the molecule is Cc1cnc(N2CCC3(CC2)CC(NS(C)(=O)=O)CO3)nc1. The fourth-order valence-electron chi connectivity index (χ4n) is 3.23. The summed E-state index contributed by atoms with van der Waals surface area (Å²) >= 11 is 0. The summed E-state index contributed by atoms with van der Waals surface area (Å²) in [5.74, 6) is 0.754. The van der Waals surface area contributed by atoms with Crippen molar-refractivity contribution in [1.29, 1.82) is 0 Å². The Labute approximate surface area is 131 Å². The predicted molar refractivity (Wildman–Crippen MR) is 83.3 cm³/mol. The maximum absolute atomic E-state index is 11.3. The van der Waals surface area contributed by atoms with Crippen molar-refractivity contribution in [2.24, 2.45) is 0 Å². The van der Waals surface area contributed by atoms with Gasteiger partial charge in [0.1, 0.15) is 0 Å². The average molecular weight is 326 g/mol. The highest BCUT2D eigenvalue weighted by atomic mass is 32.2. The van der Waals surface area contributed by atoms with Gasteiger partial charge in [-0.25, -0.2) is 23.1 Å². The van der Waals surface area contributed by atoms with Gasteiger partial charge in [-0.2, -0.15) is 0 Å². The fraction of sp³-hybridized carbons (Fsp3) is 0.714. The molecular weight excluding hydrogens is 304 g/mol. The second kappa shape index (κ2) is 5.75. The number of aromatic nitrogens is 2. The van der Waals surface area contributed by atoms with Gasteiger partial charge in [-0.05, 0) is 31.7 Å². The summed E-state index contributed by atoms with van der Waals surface area (Å²) in [4.78, 5) is 10.9. The molecule has 0 aromatic carbocycles. The van der Waals surface area contributed by atoms with Crippen molar-refractivity contribution in [2.75, 3.05) is 30.9 Å². The van der Waals surface area contributed by atoms with Crippen molar-refractivity contribution in [1.82, 2.24) is 14.7 Å². The van der Waals surface area contributed by atoms with E-state index >= 15 is 0 Å². The number of anilines is 1. The number of piperidine rings is 1. The molecule has 8 heteroatoms. The molecule has 1 spiro atoms. The number of nitrogens with one attached hydrogen (secondary N) is 1.